The molecule has 2 N–H and O–H groups in total. The van der Waals surface area contributed by atoms with Crippen LogP contribution in [0.1, 0.15) is 12.5 Å². The first kappa shape index (κ1) is 12.9. The number of carbonyl (C=O) groups is 1. The van der Waals surface area contributed by atoms with Gasteiger partial charge >= 0.3 is 6.03 Å². The molecule has 2 rings (SSSR count). The molecule has 19 heavy (non-hydrogen) atoms. The van der Waals surface area contributed by atoms with E-state index in [2.05, 4.69) is 15.6 Å². The maximum absolute atomic E-state index is 11.7. The monoisotopic (exact) mass is 261 g/mol. The van der Waals surface area contributed by atoms with Crippen molar-refractivity contribution in [2.24, 2.45) is 0 Å². The highest BCUT2D eigenvalue weighted by atomic mass is 16.5. The maximum atomic E-state index is 11.7. The fourth-order valence-electron chi connectivity index (χ4n) is 1.48. The number of furan rings is 1. The van der Waals surface area contributed by atoms with Gasteiger partial charge in [0.2, 0.25) is 5.88 Å². The van der Waals surface area contributed by atoms with Crippen LogP contribution in [-0.2, 0) is 6.54 Å². The van der Waals surface area contributed by atoms with E-state index in [-0.39, 0.29) is 6.03 Å². The van der Waals surface area contributed by atoms with Crippen LogP contribution < -0.4 is 15.4 Å². The molecule has 0 atom stereocenters. The van der Waals surface area contributed by atoms with Gasteiger partial charge < -0.3 is 19.8 Å². The van der Waals surface area contributed by atoms with Crippen molar-refractivity contribution in [2.75, 3.05) is 11.9 Å². The number of amides is 2. The summed E-state index contributed by atoms with van der Waals surface area (Å²) in [4.78, 5) is 15.8. The number of carbonyl (C=O) groups excluding carboxylic acids is 1. The molecular weight excluding hydrogens is 246 g/mol. The zero-order chi connectivity index (χ0) is 13.5. The molecule has 2 amide bonds. The van der Waals surface area contributed by atoms with Gasteiger partial charge in [-0.3, -0.25) is 0 Å². The van der Waals surface area contributed by atoms with Gasteiger partial charge in [0.05, 0.1) is 19.1 Å². The van der Waals surface area contributed by atoms with Crippen LogP contribution in [0.15, 0.2) is 41.3 Å². The molecule has 0 aromatic carbocycles. The summed E-state index contributed by atoms with van der Waals surface area (Å²) in [5.41, 5.74) is 1.43. The summed E-state index contributed by atoms with van der Waals surface area (Å²) in [6.45, 7) is 2.74. The van der Waals surface area contributed by atoms with Gasteiger partial charge in [-0.05, 0) is 25.1 Å². The van der Waals surface area contributed by atoms with Gasteiger partial charge in [-0.15, -0.1) is 0 Å². The van der Waals surface area contributed by atoms with Crippen molar-refractivity contribution in [1.82, 2.24) is 10.3 Å². The molecule has 0 aliphatic heterocycles. The minimum absolute atomic E-state index is 0.324. The van der Waals surface area contributed by atoms with Crippen LogP contribution in [-0.4, -0.2) is 17.6 Å². The maximum Gasteiger partial charge on any atom is 0.319 e. The summed E-state index contributed by atoms with van der Waals surface area (Å²) in [6.07, 6.45) is 4.75. The molecule has 0 saturated carbocycles. The minimum atomic E-state index is -0.324. The quantitative estimate of drug-likeness (QED) is 0.866. The molecule has 100 valence electrons. The largest absolute Gasteiger partial charge is 0.476 e. The average Bonchev–Trinajstić information content (AvgIpc) is 2.92. The van der Waals surface area contributed by atoms with Crippen LogP contribution in [0.2, 0.25) is 0 Å². The zero-order valence-corrected chi connectivity index (χ0v) is 10.6. The van der Waals surface area contributed by atoms with E-state index in [1.807, 2.05) is 6.92 Å². The highest BCUT2D eigenvalue weighted by Gasteiger charge is 2.08. The Morgan fingerprint density at radius 3 is 3.11 bits per heavy atom. The SMILES string of the molecule is CCOc1ncccc1NC(=O)NCc1ccoc1. The molecule has 2 heterocycles. The fourth-order valence-corrected chi connectivity index (χ4v) is 1.48. The topological polar surface area (TPSA) is 76.4 Å². The van der Waals surface area contributed by atoms with Crippen LogP contribution in [0.5, 0.6) is 5.88 Å². The molecule has 0 bridgehead atoms. The van der Waals surface area contributed by atoms with Crippen molar-refractivity contribution in [1.29, 1.82) is 0 Å². The van der Waals surface area contributed by atoms with Gasteiger partial charge in [0.25, 0.3) is 0 Å². The molecule has 0 aliphatic rings. The molecule has 2 aromatic heterocycles. The number of hydrogen-bond acceptors (Lipinski definition) is 4. The second-order valence-electron chi connectivity index (χ2n) is 3.73. The Hall–Kier alpha value is -2.50. The van der Waals surface area contributed by atoms with Gasteiger partial charge in [-0.1, -0.05) is 0 Å². The van der Waals surface area contributed by atoms with E-state index in [4.69, 9.17) is 9.15 Å². The molecule has 0 radical (unpaired) electrons. The first-order valence-electron chi connectivity index (χ1n) is 5.93. The molecule has 0 unspecified atom stereocenters. The van der Waals surface area contributed by atoms with Crippen molar-refractivity contribution in [3.63, 3.8) is 0 Å². The first-order valence-corrected chi connectivity index (χ1v) is 5.93. The number of hydrogen-bond donors (Lipinski definition) is 2. The lowest BCUT2D eigenvalue weighted by atomic mass is 10.3. The second kappa shape index (κ2) is 6.44. The Balaban J connectivity index is 1.91. The Morgan fingerprint density at radius 1 is 1.47 bits per heavy atom. The summed E-state index contributed by atoms with van der Waals surface area (Å²) < 4.78 is 10.2. The van der Waals surface area contributed by atoms with E-state index in [1.165, 1.54) is 0 Å². The molecule has 2 aromatic rings. The Labute approximate surface area is 110 Å². The van der Waals surface area contributed by atoms with E-state index in [0.717, 1.165) is 5.56 Å². The summed E-state index contributed by atoms with van der Waals surface area (Å²) in [6, 6.07) is 4.93. The van der Waals surface area contributed by atoms with E-state index in [9.17, 15) is 4.79 Å². The lowest BCUT2D eigenvalue weighted by molar-refractivity contribution is 0.251. The Bertz CT molecular complexity index is 526. The standard InChI is InChI=1S/C13H15N3O3/c1-2-19-12-11(4-3-6-14-12)16-13(17)15-8-10-5-7-18-9-10/h3-7,9H,2,8H2,1H3,(H2,15,16,17). The molecule has 6 heteroatoms. The molecule has 6 nitrogen and oxygen atoms in total. The predicted molar refractivity (Wildman–Crippen MR) is 70.0 cm³/mol. The Kier molecular flexibility index (Phi) is 4.39. The fraction of sp³-hybridized carbons (Fsp3) is 0.231. The summed E-state index contributed by atoms with van der Waals surface area (Å²) in [7, 11) is 0. The normalized spacial score (nSPS) is 9.95. The van der Waals surface area contributed by atoms with E-state index in [0.29, 0.717) is 24.7 Å². The highest BCUT2D eigenvalue weighted by molar-refractivity contribution is 5.90. The number of rotatable bonds is 5. The molecule has 0 fully saturated rings. The van der Waals surface area contributed by atoms with Gasteiger partial charge in [-0.25, -0.2) is 9.78 Å². The smallest absolute Gasteiger partial charge is 0.319 e. The number of nitrogens with zero attached hydrogens (tertiary/aromatic N) is 1. The first-order chi connectivity index (χ1) is 9.29. The van der Waals surface area contributed by atoms with E-state index < -0.39 is 0 Å². The lowest BCUT2D eigenvalue weighted by Gasteiger charge is -2.10. The molecule has 0 spiro atoms. The summed E-state index contributed by atoms with van der Waals surface area (Å²) in [5.74, 6) is 0.406. The van der Waals surface area contributed by atoms with E-state index in [1.54, 1.807) is 36.9 Å². The van der Waals surface area contributed by atoms with Crippen molar-refractivity contribution in [2.45, 2.75) is 13.5 Å². The molecule has 0 aliphatic carbocycles. The third-order valence-corrected chi connectivity index (χ3v) is 2.33. The van der Waals surface area contributed by atoms with Gasteiger partial charge in [0.1, 0.15) is 5.69 Å². The predicted octanol–water partition coefficient (Wildman–Crippen LogP) is 2.40. The number of pyridine rings is 1. The number of urea groups is 1. The third-order valence-electron chi connectivity index (χ3n) is 2.33. The van der Waals surface area contributed by atoms with Crippen LogP contribution in [0, 0.1) is 0 Å². The van der Waals surface area contributed by atoms with E-state index >= 15 is 0 Å². The number of anilines is 1. The number of ether oxygens (including phenoxy) is 1. The highest BCUT2D eigenvalue weighted by Crippen LogP contribution is 2.20. The van der Waals surface area contributed by atoms with Crippen LogP contribution in [0.3, 0.4) is 0 Å². The Morgan fingerprint density at radius 2 is 2.37 bits per heavy atom. The van der Waals surface area contributed by atoms with Gasteiger partial charge in [0.15, 0.2) is 0 Å². The van der Waals surface area contributed by atoms with Gasteiger partial charge in [0, 0.05) is 18.3 Å². The van der Waals surface area contributed by atoms with Crippen LogP contribution in [0.25, 0.3) is 0 Å². The zero-order valence-electron chi connectivity index (χ0n) is 10.6. The van der Waals surface area contributed by atoms with Crippen molar-refractivity contribution < 1.29 is 13.9 Å². The summed E-state index contributed by atoms with van der Waals surface area (Å²) >= 11 is 0. The van der Waals surface area contributed by atoms with Crippen molar-refractivity contribution in [3.8, 4) is 5.88 Å². The third kappa shape index (κ3) is 3.74. The van der Waals surface area contributed by atoms with Crippen LogP contribution >= 0.6 is 0 Å². The average molecular weight is 261 g/mol. The molecular formula is C13H15N3O3. The minimum Gasteiger partial charge on any atom is -0.476 e. The van der Waals surface area contributed by atoms with Crippen molar-refractivity contribution >= 4 is 11.7 Å². The lowest BCUT2D eigenvalue weighted by Crippen LogP contribution is -2.28. The summed E-state index contributed by atoms with van der Waals surface area (Å²) in [5, 5.41) is 5.40. The number of nitrogens with one attached hydrogen (secondary N) is 2. The number of aromatic nitrogens is 1. The van der Waals surface area contributed by atoms with Gasteiger partial charge in [-0.2, -0.15) is 0 Å². The van der Waals surface area contributed by atoms with Crippen molar-refractivity contribution in [3.05, 3.63) is 42.5 Å². The van der Waals surface area contributed by atoms with Crippen LogP contribution in [0.4, 0.5) is 10.5 Å². The molecule has 0 saturated heterocycles. The second-order valence-corrected chi connectivity index (χ2v) is 3.73.